The van der Waals surface area contributed by atoms with E-state index in [0.29, 0.717) is 0 Å². The Balaban J connectivity index is 4.34. The van der Waals surface area contributed by atoms with Crippen LogP contribution in [-0.2, 0) is 4.79 Å². The topological polar surface area (TPSA) is 61.7 Å². The molecule has 4 heteroatoms. The van der Waals surface area contributed by atoms with E-state index in [-0.39, 0.29) is 5.71 Å². The molecule has 0 saturated carbocycles. The van der Waals surface area contributed by atoms with Gasteiger partial charge in [-0.3, -0.25) is 15.0 Å². The molecule has 4 nitrogen and oxygen atoms in total. The van der Waals surface area contributed by atoms with Crippen LogP contribution in [0.5, 0.6) is 0 Å². The summed E-state index contributed by atoms with van der Waals surface area (Å²) in [4.78, 5) is 14.5. The van der Waals surface area contributed by atoms with Crippen molar-refractivity contribution in [2.24, 2.45) is 4.99 Å². The summed E-state index contributed by atoms with van der Waals surface area (Å²) in [5, 5.41) is 8.19. The molecule has 0 unspecified atom stereocenters. The average Bonchev–Trinajstić information content (AvgIpc) is 2.02. The van der Waals surface area contributed by atoms with Gasteiger partial charge in [-0.2, -0.15) is 0 Å². The zero-order valence-corrected chi connectivity index (χ0v) is 6.88. The summed E-state index contributed by atoms with van der Waals surface area (Å²) >= 11 is 0. The van der Waals surface area contributed by atoms with E-state index in [1.165, 1.54) is 12.4 Å². The number of nitrogens with zero attached hydrogens (tertiary/aromatic N) is 1. The molecule has 0 fully saturated rings. The van der Waals surface area contributed by atoms with Crippen LogP contribution in [0, 0.1) is 0 Å². The molecule has 2 N–H and O–H groups in total. The molecule has 11 heavy (non-hydrogen) atoms. The molecule has 0 aromatic carbocycles. The molecule has 0 spiro atoms. The normalized spacial score (nSPS) is 13.1. The first-order chi connectivity index (χ1) is 5.11. The Morgan fingerprint density at radius 2 is 2.09 bits per heavy atom. The second-order valence-electron chi connectivity index (χ2n) is 2.07. The van der Waals surface area contributed by atoms with Crippen molar-refractivity contribution in [1.82, 2.24) is 5.48 Å². The highest BCUT2D eigenvalue weighted by molar-refractivity contribution is 6.37. The largest absolute Gasteiger partial charge is 0.288 e. The first-order valence-electron chi connectivity index (χ1n) is 3.24. The monoisotopic (exact) mass is 156 g/mol. The molecule has 1 amide bonds. The maximum atomic E-state index is 10.6. The van der Waals surface area contributed by atoms with E-state index < -0.39 is 5.91 Å². The zero-order chi connectivity index (χ0) is 8.85. The lowest BCUT2D eigenvalue weighted by Crippen LogP contribution is -2.25. The maximum Gasteiger partial charge on any atom is 0.288 e. The van der Waals surface area contributed by atoms with Crippen molar-refractivity contribution in [3.8, 4) is 0 Å². The van der Waals surface area contributed by atoms with Crippen molar-refractivity contribution >= 4 is 11.6 Å². The predicted octanol–water partition coefficient (Wildman–Crippen LogP) is 0.876. The number of aliphatic imine (C=N–C) groups is 1. The Kier molecular flexibility index (Phi) is 4.14. The molecular weight excluding hydrogens is 144 g/mol. The minimum absolute atomic E-state index is 0.239. The quantitative estimate of drug-likeness (QED) is 0.354. The Morgan fingerprint density at radius 1 is 1.55 bits per heavy atom. The highest BCUT2D eigenvalue weighted by Gasteiger charge is 2.01. The SMILES string of the molecule is C/C=C(C)\N=C(\C)C(=O)NO. The van der Waals surface area contributed by atoms with Gasteiger partial charge in [0.2, 0.25) is 0 Å². The van der Waals surface area contributed by atoms with Gasteiger partial charge in [-0.1, -0.05) is 6.08 Å². The fourth-order valence-electron chi connectivity index (χ4n) is 0.461. The van der Waals surface area contributed by atoms with Gasteiger partial charge in [-0.05, 0) is 20.8 Å². The van der Waals surface area contributed by atoms with E-state index in [9.17, 15) is 4.79 Å². The van der Waals surface area contributed by atoms with Gasteiger partial charge in [0.25, 0.3) is 5.91 Å². The van der Waals surface area contributed by atoms with Gasteiger partial charge < -0.3 is 0 Å². The van der Waals surface area contributed by atoms with Crippen LogP contribution in [0.25, 0.3) is 0 Å². The minimum Gasteiger partial charge on any atom is -0.288 e. The molecule has 0 bridgehead atoms. The Bertz CT molecular complexity index is 206. The van der Waals surface area contributed by atoms with Crippen LogP contribution < -0.4 is 5.48 Å². The fraction of sp³-hybridized carbons (Fsp3) is 0.429. The number of hydrogen-bond donors (Lipinski definition) is 2. The van der Waals surface area contributed by atoms with Crippen molar-refractivity contribution < 1.29 is 10.0 Å². The number of nitrogens with one attached hydrogen (secondary N) is 1. The lowest BCUT2D eigenvalue weighted by molar-refractivity contribution is -0.122. The third-order valence-corrected chi connectivity index (χ3v) is 1.19. The summed E-state index contributed by atoms with van der Waals surface area (Å²) in [6, 6.07) is 0. The summed E-state index contributed by atoms with van der Waals surface area (Å²) in [6.07, 6.45) is 1.77. The van der Waals surface area contributed by atoms with E-state index >= 15 is 0 Å². The molecule has 0 saturated heterocycles. The lowest BCUT2D eigenvalue weighted by atomic mass is 10.4. The van der Waals surface area contributed by atoms with Crippen molar-refractivity contribution in [2.75, 3.05) is 0 Å². The predicted molar refractivity (Wildman–Crippen MR) is 42.5 cm³/mol. The second kappa shape index (κ2) is 4.62. The highest BCUT2D eigenvalue weighted by atomic mass is 16.5. The van der Waals surface area contributed by atoms with Crippen LogP contribution in [0.1, 0.15) is 20.8 Å². The van der Waals surface area contributed by atoms with Gasteiger partial charge in [-0.25, -0.2) is 5.48 Å². The standard InChI is InChI=1S/C7H12N2O2/c1-4-5(2)8-6(3)7(10)9-11/h4,11H,1-3H3,(H,9,10)/b5-4-,8-6-. The molecule has 62 valence electrons. The van der Waals surface area contributed by atoms with E-state index in [0.717, 1.165) is 5.70 Å². The molecular formula is C7H12N2O2. The van der Waals surface area contributed by atoms with Crippen molar-refractivity contribution in [3.05, 3.63) is 11.8 Å². The van der Waals surface area contributed by atoms with Crippen molar-refractivity contribution in [2.45, 2.75) is 20.8 Å². The average molecular weight is 156 g/mol. The van der Waals surface area contributed by atoms with Crippen molar-refractivity contribution in [3.63, 3.8) is 0 Å². The summed E-state index contributed by atoms with van der Waals surface area (Å²) in [5.41, 5.74) is 2.48. The van der Waals surface area contributed by atoms with Gasteiger partial charge in [-0.15, -0.1) is 0 Å². The van der Waals surface area contributed by atoms with Gasteiger partial charge in [0.05, 0.1) is 0 Å². The Morgan fingerprint density at radius 3 is 2.45 bits per heavy atom. The van der Waals surface area contributed by atoms with E-state index in [2.05, 4.69) is 4.99 Å². The molecule has 0 aliphatic heterocycles. The molecule has 0 aliphatic carbocycles. The van der Waals surface area contributed by atoms with E-state index in [1.54, 1.807) is 13.0 Å². The van der Waals surface area contributed by atoms with Gasteiger partial charge >= 0.3 is 0 Å². The van der Waals surface area contributed by atoms with Crippen LogP contribution in [-0.4, -0.2) is 16.8 Å². The smallest absolute Gasteiger partial charge is 0.288 e. The first-order valence-corrected chi connectivity index (χ1v) is 3.24. The molecule has 0 radical (unpaired) electrons. The molecule has 0 aromatic heterocycles. The van der Waals surface area contributed by atoms with Gasteiger partial charge in [0.15, 0.2) is 0 Å². The molecule has 0 aliphatic rings. The second-order valence-corrected chi connectivity index (χ2v) is 2.07. The summed E-state index contributed by atoms with van der Waals surface area (Å²) < 4.78 is 0. The lowest BCUT2D eigenvalue weighted by Gasteiger charge is -1.96. The number of hydrogen-bond acceptors (Lipinski definition) is 3. The Labute approximate surface area is 65.6 Å². The third kappa shape index (κ3) is 3.52. The molecule has 0 aromatic rings. The number of carbonyl (C=O) groups is 1. The summed E-state index contributed by atoms with van der Waals surface area (Å²) in [6.45, 7) is 5.12. The number of hydroxylamine groups is 1. The summed E-state index contributed by atoms with van der Waals surface area (Å²) in [7, 11) is 0. The fourth-order valence-corrected chi connectivity index (χ4v) is 0.461. The van der Waals surface area contributed by atoms with Crippen LogP contribution in [0.3, 0.4) is 0 Å². The first kappa shape index (κ1) is 9.84. The Hall–Kier alpha value is -1.16. The number of carbonyl (C=O) groups excluding carboxylic acids is 1. The highest BCUT2D eigenvalue weighted by Crippen LogP contribution is 1.94. The molecule has 0 heterocycles. The van der Waals surface area contributed by atoms with Crippen LogP contribution >= 0.6 is 0 Å². The van der Waals surface area contributed by atoms with E-state index in [1.807, 2.05) is 6.92 Å². The zero-order valence-electron chi connectivity index (χ0n) is 6.88. The van der Waals surface area contributed by atoms with Gasteiger partial charge in [0, 0.05) is 5.70 Å². The van der Waals surface area contributed by atoms with Crippen LogP contribution in [0.15, 0.2) is 16.8 Å². The van der Waals surface area contributed by atoms with E-state index in [4.69, 9.17) is 5.21 Å². The number of rotatable bonds is 2. The number of allylic oxidation sites excluding steroid dienone is 2. The van der Waals surface area contributed by atoms with Crippen LogP contribution in [0.4, 0.5) is 0 Å². The number of amides is 1. The summed E-state index contributed by atoms with van der Waals surface area (Å²) in [5.74, 6) is -0.578. The van der Waals surface area contributed by atoms with Crippen molar-refractivity contribution in [1.29, 1.82) is 0 Å². The van der Waals surface area contributed by atoms with Gasteiger partial charge in [0.1, 0.15) is 5.71 Å². The minimum atomic E-state index is -0.578. The third-order valence-electron chi connectivity index (χ3n) is 1.19. The maximum absolute atomic E-state index is 10.6. The molecule has 0 rings (SSSR count). The van der Waals surface area contributed by atoms with Crippen LogP contribution in [0.2, 0.25) is 0 Å². The molecule has 0 atom stereocenters.